The fourth-order valence-electron chi connectivity index (χ4n) is 2.43. The van der Waals surface area contributed by atoms with Gasteiger partial charge in [-0.25, -0.2) is 0 Å². The quantitative estimate of drug-likeness (QED) is 0.609. The third-order valence-corrected chi connectivity index (χ3v) is 4.27. The van der Waals surface area contributed by atoms with Crippen LogP contribution in [0, 0.1) is 0 Å². The molecule has 2 N–H and O–H groups in total. The van der Waals surface area contributed by atoms with Gasteiger partial charge in [0, 0.05) is 24.6 Å². The van der Waals surface area contributed by atoms with Crippen molar-refractivity contribution >= 4 is 21.9 Å². The van der Waals surface area contributed by atoms with E-state index in [1.54, 1.807) is 7.05 Å². The van der Waals surface area contributed by atoms with Crippen LogP contribution in [0.2, 0.25) is 0 Å². The number of hydrogen-bond donors (Lipinski definition) is 2. The molecule has 0 unspecified atom stereocenters. The molecule has 0 spiro atoms. The number of hydrogen-bond acceptors (Lipinski definition) is 3. The van der Waals surface area contributed by atoms with Gasteiger partial charge in [0.15, 0.2) is 17.5 Å². The Labute approximate surface area is 150 Å². The molecule has 2 aromatic carbocycles. The Balaban J connectivity index is 1.45. The van der Waals surface area contributed by atoms with Crippen molar-refractivity contribution in [3.05, 3.63) is 58.1 Å². The summed E-state index contributed by atoms with van der Waals surface area (Å²) in [6.07, 6.45) is 0.885. The summed E-state index contributed by atoms with van der Waals surface area (Å²) < 4.78 is 11.8. The normalized spacial score (nSPS) is 13.0. The standard InChI is InChI=1S/C18H20BrN3O2/c1-20-18(22-11-14-2-5-15(19)6-3-14)21-9-8-13-4-7-16-17(10-13)24-12-23-16/h2-7,10H,8-9,11-12H2,1H3,(H2,20,21,22). The summed E-state index contributed by atoms with van der Waals surface area (Å²) in [6, 6.07) is 14.3. The van der Waals surface area contributed by atoms with Crippen LogP contribution in [0.25, 0.3) is 0 Å². The number of fused-ring (bicyclic) bond motifs is 1. The average Bonchev–Trinajstić information content (AvgIpc) is 3.07. The Hall–Kier alpha value is -2.21. The first kappa shape index (κ1) is 16.6. The first-order chi connectivity index (χ1) is 11.7. The van der Waals surface area contributed by atoms with Crippen LogP contribution in [0.15, 0.2) is 51.9 Å². The molecule has 2 aromatic rings. The van der Waals surface area contributed by atoms with Crippen molar-refractivity contribution in [2.45, 2.75) is 13.0 Å². The van der Waals surface area contributed by atoms with Crippen molar-refractivity contribution in [2.24, 2.45) is 4.99 Å². The molecular weight excluding hydrogens is 370 g/mol. The van der Waals surface area contributed by atoms with Gasteiger partial charge in [-0.15, -0.1) is 0 Å². The molecule has 0 aliphatic carbocycles. The van der Waals surface area contributed by atoms with Crippen LogP contribution in [0.5, 0.6) is 11.5 Å². The number of benzene rings is 2. The number of rotatable bonds is 5. The Morgan fingerprint density at radius 3 is 2.58 bits per heavy atom. The smallest absolute Gasteiger partial charge is 0.231 e. The third-order valence-electron chi connectivity index (χ3n) is 3.74. The predicted molar refractivity (Wildman–Crippen MR) is 98.6 cm³/mol. The second-order valence-corrected chi connectivity index (χ2v) is 6.33. The molecule has 0 radical (unpaired) electrons. The second kappa shape index (κ2) is 8.06. The van der Waals surface area contributed by atoms with Gasteiger partial charge in [-0.1, -0.05) is 34.1 Å². The molecule has 1 heterocycles. The van der Waals surface area contributed by atoms with Crippen LogP contribution in [0.1, 0.15) is 11.1 Å². The maximum absolute atomic E-state index is 5.40. The van der Waals surface area contributed by atoms with Gasteiger partial charge < -0.3 is 20.1 Å². The number of guanidine groups is 1. The molecule has 5 nitrogen and oxygen atoms in total. The minimum atomic E-state index is 0.309. The Kier molecular flexibility index (Phi) is 5.59. The lowest BCUT2D eigenvalue weighted by Crippen LogP contribution is -2.37. The molecule has 0 saturated carbocycles. The highest BCUT2D eigenvalue weighted by molar-refractivity contribution is 9.10. The van der Waals surface area contributed by atoms with Crippen LogP contribution in [-0.2, 0) is 13.0 Å². The van der Waals surface area contributed by atoms with Gasteiger partial charge in [0.1, 0.15) is 0 Å². The van der Waals surface area contributed by atoms with E-state index in [2.05, 4.69) is 49.8 Å². The zero-order valence-electron chi connectivity index (χ0n) is 13.5. The molecule has 0 bridgehead atoms. The van der Waals surface area contributed by atoms with Gasteiger partial charge in [0.2, 0.25) is 6.79 Å². The van der Waals surface area contributed by atoms with Crippen LogP contribution >= 0.6 is 15.9 Å². The van der Waals surface area contributed by atoms with Crippen LogP contribution in [0.4, 0.5) is 0 Å². The van der Waals surface area contributed by atoms with E-state index in [1.165, 1.54) is 11.1 Å². The number of nitrogens with zero attached hydrogens (tertiary/aromatic N) is 1. The topological polar surface area (TPSA) is 54.9 Å². The lowest BCUT2D eigenvalue weighted by molar-refractivity contribution is 0.174. The summed E-state index contributed by atoms with van der Waals surface area (Å²) in [5.74, 6) is 2.43. The highest BCUT2D eigenvalue weighted by Gasteiger charge is 2.12. The molecular formula is C18H20BrN3O2. The summed E-state index contributed by atoms with van der Waals surface area (Å²) in [6.45, 7) is 1.83. The second-order valence-electron chi connectivity index (χ2n) is 5.42. The van der Waals surface area contributed by atoms with Gasteiger partial charge >= 0.3 is 0 Å². The zero-order valence-corrected chi connectivity index (χ0v) is 15.1. The molecule has 0 atom stereocenters. The summed E-state index contributed by atoms with van der Waals surface area (Å²) in [4.78, 5) is 4.25. The van der Waals surface area contributed by atoms with Gasteiger partial charge in [-0.2, -0.15) is 0 Å². The molecule has 24 heavy (non-hydrogen) atoms. The minimum absolute atomic E-state index is 0.309. The fourth-order valence-corrected chi connectivity index (χ4v) is 2.69. The molecule has 0 fully saturated rings. The number of halogens is 1. The SMILES string of the molecule is CN=C(NCCc1ccc2c(c1)OCO2)NCc1ccc(Br)cc1. The molecule has 3 rings (SSSR count). The van der Waals surface area contributed by atoms with Crippen LogP contribution in [0.3, 0.4) is 0 Å². The van der Waals surface area contributed by atoms with Crippen LogP contribution < -0.4 is 20.1 Å². The summed E-state index contributed by atoms with van der Waals surface area (Å²) >= 11 is 3.44. The monoisotopic (exact) mass is 389 g/mol. The number of nitrogens with one attached hydrogen (secondary N) is 2. The first-order valence-corrected chi connectivity index (χ1v) is 8.61. The fraction of sp³-hybridized carbons (Fsp3) is 0.278. The van der Waals surface area contributed by atoms with Crippen LogP contribution in [-0.4, -0.2) is 26.3 Å². The molecule has 0 amide bonds. The summed E-state index contributed by atoms with van der Waals surface area (Å²) in [7, 11) is 1.78. The van der Waals surface area contributed by atoms with E-state index in [1.807, 2.05) is 24.3 Å². The highest BCUT2D eigenvalue weighted by Crippen LogP contribution is 2.32. The maximum atomic E-state index is 5.40. The molecule has 0 saturated heterocycles. The Bertz CT molecular complexity index is 717. The summed E-state index contributed by atoms with van der Waals surface area (Å²) in [5, 5.41) is 6.64. The van der Waals surface area contributed by atoms with Crippen molar-refractivity contribution in [3.63, 3.8) is 0 Å². The molecule has 126 valence electrons. The zero-order chi connectivity index (χ0) is 16.8. The van der Waals surface area contributed by atoms with E-state index >= 15 is 0 Å². The average molecular weight is 390 g/mol. The molecule has 1 aliphatic heterocycles. The van der Waals surface area contributed by atoms with Gasteiger partial charge in [0.25, 0.3) is 0 Å². The first-order valence-electron chi connectivity index (χ1n) is 7.82. The molecule has 6 heteroatoms. The minimum Gasteiger partial charge on any atom is -0.454 e. The van der Waals surface area contributed by atoms with E-state index in [0.717, 1.165) is 41.4 Å². The lowest BCUT2D eigenvalue weighted by Gasteiger charge is -2.12. The molecule has 1 aliphatic rings. The van der Waals surface area contributed by atoms with Gasteiger partial charge in [-0.3, -0.25) is 4.99 Å². The van der Waals surface area contributed by atoms with E-state index in [9.17, 15) is 0 Å². The van der Waals surface area contributed by atoms with E-state index < -0.39 is 0 Å². The predicted octanol–water partition coefficient (Wildman–Crippen LogP) is 3.09. The Morgan fingerprint density at radius 2 is 1.79 bits per heavy atom. The van der Waals surface area contributed by atoms with Crippen molar-refractivity contribution < 1.29 is 9.47 Å². The van der Waals surface area contributed by atoms with Crippen molar-refractivity contribution in [2.75, 3.05) is 20.4 Å². The van der Waals surface area contributed by atoms with Crippen molar-refractivity contribution in [3.8, 4) is 11.5 Å². The summed E-state index contributed by atoms with van der Waals surface area (Å²) in [5.41, 5.74) is 2.41. The lowest BCUT2D eigenvalue weighted by atomic mass is 10.1. The highest BCUT2D eigenvalue weighted by atomic mass is 79.9. The van der Waals surface area contributed by atoms with Gasteiger partial charge in [0.05, 0.1) is 0 Å². The van der Waals surface area contributed by atoms with Gasteiger partial charge in [-0.05, 0) is 41.8 Å². The maximum Gasteiger partial charge on any atom is 0.231 e. The van der Waals surface area contributed by atoms with Crippen molar-refractivity contribution in [1.29, 1.82) is 0 Å². The Morgan fingerprint density at radius 1 is 1.04 bits per heavy atom. The largest absolute Gasteiger partial charge is 0.454 e. The number of ether oxygens (including phenoxy) is 2. The van der Waals surface area contributed by atoms with E-state index in [0.29, 0.717) is 6.79 Å². The molecule has 0 aromatic heterocycles. The number of aliphatic imine (C=N–C) groups is 1. The van der Waals surface area contributed by atoms with E-state index in [-0.39, 0.29) is 0 Å². The van der Waals surface area contributed by atoms with Crippen molar-refractivity contribution in [1.82, 2.24) is 10.6 Å². The van der Waals surface area contributed by atoms with E-state index in [4.69, 9.17) is 9.47 Å². The third kappa shape index (κ3) is 4.41.